The van der Waals surface area contributed by atoms with E-state index in [1.54, 1.807) is 36.0 Å². The van der Waals surface area contributed by atoms with Crippen LogP contribution < -0.4 is 5.43 Å². The molecule has 0 atom stereocenters. The molecule has 132 valence electrons. The van der Waals surface area contributed by atoms with Crippen molar-refractivity contribution < 1.29 is 4.79 Å². The normalized spacial score (nSPS) is 11.1. The highest BCUT2D eigenvalue weighted by atomic mass is 32.1. The van der Waals surface area contributed by atoms with Gasteiger partial charge in [0, 0.05) is 28.2 Å². The maximum atomic E-state index is 12.8. The van der Waals surface area contributed by atoms with Gasteiger partial charge in [0.05, 0.1) is 23.0 Å². The van der Waals surface area contributed by atoms with Gasteiger partial charge in [-0.15, -0.1) is 11.3 Å². The van der Waals surface area contributed by atoms with Gasteiger partial charge in [0.1, 0.15) is 0 Å². The molecule has 4 rings (SSSR count). The summed E-state index contributed by atoms with van der Waals surface area (Å²) >= 11 is 1.58. The Kier molecular flexibility index (Phi) is 4.72. The number of carbonyl (C=O) groups excluding carboxylic acids is 1. The topological polar surface area (TPSA) is 67.2 Å². The second-order valence-corrected chi connectivity index (χ2v) is 6.92. The molecule has 5 nitrogen and oxygen atoms in total. The monoisotopic (exact) mass is 372 g/mol. The van der Waals surface area contributed by atoms with Crippen molar-refractivity contribution in [3.8, 4) is 11.3 Å². The lowest BCUT2D eigenvalue weighted by Gasteiger charge is -2.08. The number of benzene rings is 1. The predicted octanol–water partition coefficient (Wildman–Crippen LogP) is 4.43. The lowest BCUT2D eigenvalue weighted by Crippen LogP contribution is -2.18. The van der Waals surface area contributed by atoms with Crippen LogP contribution >= 0.6 is 11.3 Å². The molecule has 0 radical (unpaired) electrons. The number of carbonyl (C=O) groups is 1. The third kappa shape index (κ3) is 3.61. The van der Waals surface area contributed by atoms with Crippen LogP contribution in [-0.4, -0.2) is 22.1 Å². The van der Waals surface area contributed by atoms with Gasteiger partial charge in [0.15, 0.2) is 0 Å². The van der Waals surface area contributed by atoms with Gasteiger partial charge in [-0.2, -0.15) is 5.10 Å². The van der Waals surface area contributed by atoms with Crippen molar-refractivity contribution in [2.45, 2.75) is 6.92 Å². The number of rotatable bonds is 4. The molecule has 0 saturated heterocycles. The van der Waals surface area contributed by atoms with Gasteiger partial charge in [-0.05, 0) is 48.2 Å². The summed E-state index contributed by atoms with van der Waals surface area (Å²) in [7, 11) is 0. The van der Waals surface area contributed by atoms with E-state index in [9.17, 15) is 4.79 Å². The van der Waals surface area contributed by atoms with Crippen molar-refractivity contribution in [1.29, 1.82) is 0 Å². The average Bonchev–Trinajstić information content (AvgIpc) is 3.12. The Morgan fingerprint density at radius 3 is 2.74 bits per heavy atom. The van der Waals surface area contributed by atoms with Crippen LogP contribution in [0.5, 0.6) is 0 Å². The minimum absolute atomic E-state index is 0.269. The summed E-state index contributed by atoms with van der Waals surface area (Å²) in [6.07, 6.45) is 5.09. The van der Waals surface area contributed by atoms with Crippen molar-refractivity contribution in [2.75, 3.05) is 0 Å². The van der Waals surface area contributed by atoms with E-state index in [1.165, 1.54) is 0 Å². The number of hydrogen-bond acceptors (Lipinski definition) is 5. The molecule has 0 fully saturated rings. The van der Waals surface area contributed by atoms with Gasteiger partial charge >= 0.3 is 0 Å². The molecule has 6 heteroatoms. The molecule has 4 aromatic rings. The second kappa shape index (κ2) is 7.47. The van der Waals surface area contributed by atoms with E-state index < -0.39 is 0 Å². The van der Waals surface area contributed by atoms with Crippen molar-refractivity contribution in [1.82, 2.24) is 15.4 Å². The molecule has 27 heavy (non-hydrogen) atoms. The first kappa shape index (κ1) is 17.1. The minimum atomic E-state index is -0.269. The van der Waals surface area contributed by atoms with E-state index >= 15 is 0 Å². The molecule has 3 aromatic heterocycles. The van der Waals surface area contributed by atoms with Gasteiger partial charge < -0.3 is 0 Å². The number of hydrogen-bond donors (Lipinski definition) is 1. The lowest BCUT2D eigenvalue weighted by atomic mass is 10.0. The van der Waals surface area contributed by atoms with Gasteiger partial charge in [0.2, 0.25) is 0 Å². The van der Waals surface area contributed by atoms with E-state index in [1.807, 2.05) is 54.8 Å². The zero-order valence-corrected chi connectivity index (χ0v) is 15.4. The SMILES string of the molecule is Cc1ccsc1/C=N/NC(=O)c1cc(-c2ccncc2)nc2ccccc12. The first-order valence-corrected chi connectivity index (χ1v) is 9.28. The Morgan fingerprint density at radius 1 is 1.15 bits per heavy atom. The first-order chi connectivity index (χ1) is 13.2. The second-order valence-electron chi connectivity index (χ2n) is 5.98. The van der Waals surface area contributed by atoms with Crippen molar-refractivity contribution in [3.63, 3.8) is 0 Å². The van der Waals surface area contributed by atoms with Crippen molar-refractivity contribution in [2.24, 2.45) is 5.10 Å². The Bertz CT molecular complexity index is 1140. The van der Waals surface area contributed by atoms with E-state index in [2.05, 4.69) is 20.5 Å². The van der Waals surface area contributed by atoms with Crippen LogP contribution in [-0.2, 0) is 0 Å². The molecule has 1 N–H and O–H groups in total. The standard InChI is InChI=1S/C21H16N4OS/c1-14-8-11-27-20(14)13-23-25-21(26)17-12-19(15-6-9-22-10-7-15)24-18-5-3-2-4-16(17)18/h2-13H,1H3,(H,25,26)/b23-13+. The van der Waals surface area contributed by atoms with Crippen LogP contribution in [0.2, 0.25) is 0 Å². The summed E-state index contributed by atoms with van der Waals surface area (Å²) in [5.74, 6) is -0.269. The Labute approximate surface area is 160 Å². The van der Waals surface area contributed by atoms with Crippen molar-refractivity contribution in [3.05, 3.63) is 82.3 Å². The molecular formula is C21H16N4OS. The number of hydrazone groups is 1. The number of pyridine rings is 2. The molecule has 0 aliphatic carbocycles. The summed E-state index contributed by atoms with van der Waals surface area (Å²) in [6, 6.07) is 15.1. The summed E-state index contributed by atoms with van der Waals surface area (Å²) < 4.78 is 0. The number of fused-ring (bicyclic) bond motifs is 1. The minimum Gasteiger partial charge on any atom is -0.267 e. The van der Waals surface area contributed by atoms with Crippen LogP contribution in [0.1, 0.15) is 20.8 Å². The number of aryl methyl sites for hydroxylation is 1. The number of amides is 1. The quantitative estimate of drug-likeness (QED) is 0.426. The van der Waals surface area contributed by atoms with E-state index in [4.69, 9.17) is 0 Å². The van der Waals surface area contributed by atoms with E-state index in [0.29, 0.717) is 5.56 Å². The van der Waals surface area contributed by atoms with Gasteiger partial charge in [-0.1, -0.05) is 18.2 Å². The van der Waals surface area contributed by atoms with Crippen LogP contribution in [0.25, 0.3) is 22.2 Å². The summed E-state index contributed by atoms with van der Waals surface area (Å²) in [4.78, 5) is 22.5. The van der Waals surface area contributed by atoms with Crippen LogP contribution in [0.3, 0.4) is 0 Å². The van der Waals surface area contributed by atoms with Crippen LogP contribution in [0, 0.1) is 6.92 Å². The molecule has 0 aliphatic rings. The van der Waals surface area contributed by atoms with E-state index in [0.717, 1.165) is 32.6 Å². The molecule has 0 saturated carbocycles. The number of thiophene rings is 1. The maximum Gasteiger partial charge on any atom is 0.272 e. The highest BCUT2D eigenvalue weighted by Gasteiger charge is 2.13. The molecule has 0 spiro atoms. The third-order valence-electron chi connectivity index (χ3n) is 4.19. The molecule has 0 unspecified atom stereocenters. The summed E-state index contributed by atoms with van der Waals surface area (Å²) in [6.45, 7) is 2.01. The predicted molar refractivity (Wildman–Crippen MR) is 109 cm³/mol. The largest absolute Gasteiger partial charge is 0.272 e. The zero-order chi connectivity index (χ0) is 18.6. The number of nitrogens with zero attached hydrogens (tertiary/aromatic N) is 3. The highest BCUT2D eigenvalue weighted by molar-refractivity contribution is 7.11. The highest BCUT2D eigenvalue weighted by Crippen LogP contribution is 2.24. The Balaban J connectivity index is 1.70. The molecular weight excluding hydrogens is 356 g/mol. The molecule has 0 aliphatic heterocycles. The smallest absolute Gasteiger partial charge is 0.267 e. The van der Waals surface area contributed by atoms with E-state index in [-0.39, 0.29) is 5.91 Å². The molecule has 3 heterocycles. The fraction of sp³-hybridized carbons (Fsp3) is 0.0476. The fourth-order valence-corrected chi connectivity index (χ4v) is 3.55. The molecule has 1 aromatic carbocycles. The average molecular weight is 372 g/mol. The summed E-state index contributed by atoms with van der Waals surface area (Å²) in [5.41, 5.74) is 6.68. The lowest BCUT2D eigenvalue weighted by molar-refractivity contribution is 0.0956. The van der Waals surface area contributed by atoms with Gasteiger partial charge in [0.25, 0.3) is 5.91 Å². The molecule has 1 amide bonds. The Morgan fingerprint density at radius 2 is 1.96 bits per heavy atom. The maximum absolute atomic E-state index is 12.8. The van der Waals surface area contributed by atoms with Crippen molar-refractivity contribution >= 4 is 34.4 Å². The first-order valence-electron chi connectivity index (χ1n) is 8.40. The van der Waals surface area contributed by atoms with Gasteiger partial charge in [-0.25, -0.2) is 10.4 Å². The fourth-order valence-electron chi connectivity index (χ4n) is 2.76. The third-order valence-corrected chi connectivity index (χ3v) is 5.14. The van der Waals surface area contributed by atoms with Crippen LogP contribution in [0.4, 0.5) is 0 Å². The Hall–Kier alpha value is -3.38. The summed E-state index contributed by atoms with van der Waals surface area (Å²) in [5, 5.41) is 6.90. The number of nitrogens with one attached hydrogen (secondary N) is 1. The number of para-hydroxylation sites is 1. The number of aromatic nitrogens is 2. The zero-order valence-electron chi connectivity index (χ0n) is 14.6. The van der Waals surface area contributed by atoms with Crippen LogP contribution in [0.15, 0.2) is 71.4 Å². The molecule has 0 bridgehead atoms. The van der Waals surface area contributed by atoms with Gasteiger partial charge in [-0.3, -0.25) is 9.78 Å².